The van der Waals surface area contributed by atoms with Gasteiger partial charge in [0.2, 0.25) is 5.91 Å². The summed E-state index contributed by atoms with van der Waals surface area (Å²) < 4.78 is 18.7. The van der Waals surface area contributed by atoms with Crippen LogP contribution in [0.5, 0.6) is 0 Å². The molecule has 4 aromatic heterocycles. The molecule has 0 saturated carbocycles. The van der Waals surface area contributed by atoms with Gasteiger partial charge < -0.3 is 9.80 Å². The molecular formula is C29H30FN9O2. The molecule has 41 heavy (non-hydrogen) atoms. The van der Waals surface area contributed by atoms with Gasteiger partial charge in [-0.25, -0.2) is 18.7 Å². The van der Waals surface area contributed by atoms with Crippen molar-refractivity contribution in [3.63, 3.8) is 0 Å². The van der Waals surface area contributed by atoms with Crippen LogP contribution in [0.2, 0.25) is 0 Å². The van der Waals surface area contributed by atoms with Gasteiger partial charge in [-0.05, 0) is 43.0 Å². The predicted octanol–water partition coefficient (Wildman–Crippen LogP) is 2.90. The molecule has 6 heterocycles. The van der Waals surface area contributed by atoms with Crippen LogP contribution in [0.15, 0.2) is 54.1 Å². The van der Waals surface area contributed by atoms with Crippen molar-refractivity contribution in [2.45, 2.75) is 45.6 Å². The number of amides is 1. The molecule has 0 radical (unpaired) electrons. The number of nitrogens with zero attached hydrogens (tertiary/aromatic N) is 9. The highest BCUT2D eigenvalue weighted by Gasteiger charge is 2.31. The summed E-state index contributed by atoms with van der Waals surface area (Å²) in [5.74, 6) is -0.538. The lowest BCUT2D eigenvalue weighted by molar-refractivity contribution is -0.126. The van der Waals surface area contributed by atoms with Crippen LogP contribution in [0.3, 0.4) is 0 Å². The van der Waals surface area contributed by atoms with Gasteiger partial charge in [0.25, 0.3) is 0 Å². The van der Waals surface area contributed by atoms with E-state index < -0.39 is 11.5 Å². The van der Waals surface area contributed by atoms with Crippen LogP contribution in [0.4, 0.5) is 10.2 Å². The molecule has 2 bridgehead atoms. The predicted molar refractivity (Wildman–Crippen MR) is 152 cm³/mol. The summed E-state index contributed by atoms with van der Waals surface area (Å²) in [5, 5.41) is 8.48. The minimum atomic E-state index is -0.623. The van der Waals surface area contributed by atoms with E-state index in [9.17, 15) is 9.59 Å². The van der Waals surface area contributed by atoms with E-state index in [1.54, 1.807) is 17.3 Å². The van der Waals surface area contributed by atoms with Gasteiger partial charge in [-0.2, -0.15) is 9.67 Å². The molecule has 2 aliphatic heterocycles. The first-order chi connectivity index (χ1) is 19.8. The lowest BCUT2D eigenvalue weighted by atomic mass is 10.0. The summed E-state index contributed by atoms with van der Waals surface area (Å²) in [6, 6.07) is 3.05. The number of carbonyl (C=O) groups excluding carboxylic acids is 1. The maximum absolute atomic E-state index is 15.9. The first-order valence-electron chi connectivity index (χ1n) is 13.6. The van der Waals surface area contributed by atoms with Crippen LogP contribution in [-0.4, -0.2) is 71.0 Å². The van der Waals surface area contributed by atoms with Crippen LogP contribution in [0.1, 0.15) is 43.6 Å². The summed E-state index contributed by atoms with van der Waals surface area (Å²) in [7, 11) is 0. The number of pyridine rings is 2. The highest BCUT2D eigenvalue weighted by molar-refractivity contribution is 5.90. The molecule has 1 amide bonds. The van der Waals surface area contributed by atoms with Gasteiger partial charge in [0.05, 0.1) is 28.7 Å². The molecule has 2 aliphatic rings. The highest BCUT2D eigenvalue weighted by Crippen LogP contribution is 2.32. The molecule has 0 unspecified atom stereocenters. The molecule has 6 rings (SSSR count). The zero-order valence-electron chi connectivity index (χ0n) is 23.2. The summed E-state index contributed by atoms with van der Waals surface area (Å²) >= 11 is 0. The van der Waals surface area contributed by atoms with E-state index >= 15 is 4.39 Å². The van der Waals surface area contributed by atoms with Gasteiger partial charge in [0.1, 0.15) is 5.82 Å². The Hall–Kier alpha value is -4.74. The highest BCUT2D eigenvalue weighted by atomic mass is 19.1. The normalized spacial score (nSPS) is 17.6. The summed E-state index contributed by atoms with van der Waals surface area (Å²) in [5.41, 5.74) is 2.54. The third-order valence-corrected chi connectivity index (χ3v) is 7.63. The Morgan fingerprint density at radius 3 is 2.73 bits per heavy atom. The fraction of sp³-hybridized carbons (Fsp3) is 0.345. The number of piperazine rings is 1. The van der Waals surface area contributed by atoms with E-state index in [-0.39, 0.29) is 29.3 Å². The Labute approximate surface area is 235 Å². The molecule has 4 aromatic rings. The summed E-state index contributed by atoms with van der Waals surface area (Å²) in [6.07, 6.45) is 9.60. The number of carbonyl (C=O) groups is 1. The lowest BCUT2D eigenvalue weighted by Crippen LogP contribution is -2.54. The monoisotopic (exact) mass is 555 g/mol. The largest absolute Gasteiger partial charge is 0.355 e. The van der Waals surface area contributed by atoms with Crippen LogP contribution in [0, 0.1) is 5.82 Å². The molecule has 0 aromatic carbocycles. The number of anilines is 1. The van der Waals surface area contributed by atoms with E-state index in [1.807, 2.05) is 43.9 Å². The van der Waals surface area contributed by atoms with Crippen molar-refractivity contribution in [2.24, 2.45) is 0 Å². The van der Waals surface area contributed by atoms with Crippen molar-refractivity contribution in [3.8, 4) is 11.5 Å². The van der Waals surface area contributed by atoms with Gasteiger partial charge >= 0.3 is 5.69 Å². The fourth-order valence-electron chi connectivity index (χ4n) is 5.61. The molecule has 1 atom stereocenters. The second-order valence-electron chi connectivity index (χ2n) is 10.6. The molecule has 12 heteroatoms. The van der Waals surface area contributed by atoms with Gasteiger partial charge in [0.15, 0.2) is 17.3 Å². The number of hydrogen-bond donors (Lipinski definition) is 0. The molecule has 11 nitrogen and oxygen atoms in total. The second kappa shape index (κ2) is 10.3. The molecule has 210 valence electrons. The molecule has 0 N–H and O–H groups in total. The van der Waals surface area contributed by atoms with Crippen molar-refractivity contribution in [1.29, 1.82) is 0 Å². The summed E-state index contributed by atoms with van der Waals surface area (Å²) in [4.78, 5) is 43.9. The minimum absolute atomic E-state index is 0.0132. The van der Waals surface area contributed by atoms with E-state index in [0.717, 1.165) is 5.56 Å². The SMILES string of the molecule is C=CC(=O)N1CCN(c2nc(=O)n3c4nc(c(F)cc24)-n2nncc2C/C=C\Cc2ccnc(C(C)C)c2-3)[C@@H](C)C1. The first-order valence-corrected chi connectivity index (χ1v) is 13.6. The zero-order chi connectivity index (χ0) is 28.8. The molecule has 0 aliphatic carbocycles. The number of aromatic nitrogens is 7. The number of rotatable bonds is 3. The summed E-state index contributed by atoms with van der Waals surface area (Å²) in [6.45, 7) is 10.8. The van der Waals surface area contributed by atoms with Crippen molar-refractivity contribution >= 4 is 22.8 Å². The van der Waals surface area contributed by atoms with Crippen molar-refractivity contribution in [1.82, 2.24) is 39.4 Å². The molecule has 0 spiro atoms. The van der Waals surface area contributed by atoms with E-state index in [4.69, 9.17) is 4.98 Å². The number of hydrogen-bond acceptors (Lipinski definition) is 8. The standard InChI is InChI=1S/C29H30FN9O2/c1-5-23(40)36-12-13-37(18(4)16-36)26-21-14-22(30)28-33-27(21)38(29(41)34-26)25-19(10-11-31-24(25)17(2)3)8-6-7-9-20-15-32-35-39(20)28/h5-7,10-11,14-15,17-18H,1,8-9,12-13,16H2,2-4H3/b7-6-/t18-/m0/s1. The topological polar surface area (TPSA) is 115 Å². The molecular weight excluding hydrogens is 525 g/mol. The van der Waals surface area contributed by atoms with E-state index in [0.29, 0.717) is 60.8 Å². The lowest BCUT2D eigenvalue weighted by Gasteiger charge is -2.40. The Morgan fingerprint density at radius 2 is 1.98 bits per heavy atom. The Morgan fingerprint density at radius 1 is 1.17 bits per heavy atom. The molecule has 1 saturated heterocycles. The van der Waals surface area contributed by atoms with Crippen molar-refractivity contribution in [3.05, 3.63) is 82.6 Å². The van der Waals surface area contributed by atoms with Crippen LogP contribution in [0.25, 0.3) is 22.5 Å². The fourth-order valence-corrected chi connectivity index (χ4v) is 5.61. The van der Waals surface area contributed by atoms with Crippen molar-refractivity contribution in [2.75, 3.05) is 24.5 Å². The average molecular weight is 556 g/mol. The van der Waals surface area contributed by atoms with Crippen LogP contribution >= 0.6 is 0 Å². The minimum Gasteiger partial charge on any atom is -0.350 e. The van der Waals surface area contributed by atoms with Gasteiger partial charge in [-0.15, -0.1) is 5.10 Å². The average Bonchev–Trinajstić information content (AvgIpc) is 3.42. The number of allylic oxidation sites excluding steroid dienone is 2. The van der Waals surface area contributed by atoms with Crippen LogP contribution in [-0.2, 0) is 17.6 Å². The third-order valence-electron chi connectivity index (χ3n) is 7.63. The number of halogens is 1. The zero-order valence-corrected chi connectivity index (χ0v) is 23.2. The maximum atomic E-state index is 15.9. The number of fused-ring (bicyclic) bond motifs is 5. The third kappa shape index (κ3) is 4.48. The van der Waals surface area contributed by atoms with Gasteiger partial charge in [-0.3, -0.25) is 9.78 Å². The van der Waals surface area contributed by atoms with E-state index in [1.165, 1.54) is 21.4 Å². The van der Waals surface area contributed by atoms with E-state index in [2.05, 4.69) is 26.9 Å². The molecule has 1 fully saturated rings. The first kappa shape index (κ1) is 26.5. The Bertz CT molecular complexity index is 1770. The van der Waals surface area contributed by atoms with Crippen molar-refractivity contribution < 1.29 is 9.18 Å². The van der Waals surface area contributed by atoms with Gasteiger partial charge in [-0.1, -0.05) is 37.8 Å². The quantitative estimate of drug-likeness (QED) is 0.280. The smallest absolute Gasteiger partial charge is 0.350 e. The maximum Gasteiger partial charge on any atom is 0.355 e. The second-order valence-corrected chi connectivity index (χ2v) is 10.6. The van der Waals surface area contributed by atoms with Crippen LogP contribution < -0.4 is 10.6 Å². The Kier molecular flexibility index (Phi) is 6.68. The van der Waals surface area contributed by atoms with Gasteiger partial charge in [0, 0.05) is 38.3 Å². The Balaban J connectivity index is 1.66.